The van der Waals surface area contributed by atoms with Crippen LogP contribution >= 0.6 is 0 Å². The average molecular weight is 307 g/mol. The lowest BCUT2D eigenvalue weighted by molar-refractivity contribution is -0.133. The first-order valence-corrected chi connectivity index (χ1v) is 8.35. The van der Waals surface area contributed by atoms with Gasteiger partial charge in [0.15, 0.2) is 5.88 Å². The van der Waals surface area contributed by atoms with Crippen molar-refractivity contribution in [2.24, 2.45) is 5.41 Å². The van der Waals surface area contributed by atoms with Crippen molar-refractivity contribution in [3.8, 4) is 0 Å². The van der Waals surface area contributed by atoms with Gasteiger partial charge in [-0.05, 0) is 19.3 Å². The maximum Gasteiger partial charge on any atom is 0.244 e. The highest BCUT2D eigenvalue weighted by Crippen LogP contribution is 2.30. The van der Waals surface area contributed by atoms with Gasteiger partial charge < -0.3 is 10.5 Å². The molecule has 0 spiro atoms. The van der Waals surface area contributed by atoms with Gasteiger partial charge in [0.2, 0.25) is 5.91 Å². The van der Waals surface area contributed by atoms with Crippen molar-refractivity contribution in [1.82, 2.24) is 10.2 Å². The van der Waals surface area contributed by atoms with Crippen molar-refractivity contribution in [2.75, 3.05) is 6.54 Å². The normalized spacial score (nSPS) is 24.7. The molecule has 5 nitrogen and oxygen atoms in total. The molecule has 0 radical (unpaired) electrons. The number of carbonyl (C=O) groups excluding carboxylic acids is 1. The van der Waals surface area contributed by atoms with E-state index >= 15 is 0 Å². The van der Waals surface area contributed by atoms with Crippen LogP contribution in [0.2, 0.25) is 0 Å². The van der Waals surface area contributed by atoms with Crippen molar-refractivity contribution in [2.45, 2.75) is 71.4 Å². The van der Waals surface area contributed by atoms with E-state index in [0.717, 1.165) is 13.0 Å². The highest BCUT2D eigenvalue weighted by molar-refractivity contribution is 5.97. The number of amides is 1. The van der Waals surface area contributed by atoms with Gasteiger partial charge in [0.05, 0.1) is 6.04 Å². The smallest absolute Gasteiger partial charge is 0.244 e. The van der Waals surface area contributed by atoms with Crippen LogP contribution in [0.5, 0.6) is 0 Å². The van der Waals surface area contributed by atoms with Crippen LogP contribution in [0.1, 0.15) is 59.3 Å². The molecule has 2 fully saturated rings. The monoisotopic (exact) mass is 307 g/mol. The molecule has 124 valence electrons. The molecule has 5 heteroatoms. The molecule has 1 heterocycles. The fourth-order valence-corrected chi connectivity index (χ4v) is 3.14. The SMILES string of the molecule is CC(C)(C)C(=N)/C=C(\O)NC(=O)[C@@H]1CCN1C1CCCCC1. The average Bonchev–Trinajstić information content (AvgIpc) is 2.37. The van der Waals surface area contributed by atoms with Gasteiger partial charge in [-0.25, -0.2) is 0 Å². The zero-order valence-electron chi connectivity index (χ0n) is 14.0. The van der Waals surface area contributed by atoms with Gasteiger partial charge in [-0.1, -0.05) is 40.0 Å². The Balaban J connectivity index is 1.89. The fourth-order valence-electron chi connectivity index (χ4n) is 3.14. The van der Waals surface area contributed by atoms with E-state index in [-0.39, 0.29) is 23.2 Å². The summed E-state index contributed by atoms with van der Waals surface area (Å²) in [6.07, 6.45) is 8.36. The number of hydrogen-bond donors (Lipinski definition) is 3. The molecule has 0 aromatic carbocycles. The maximum atomic E-state index is 12.3. The van der Waals surface area contributed by atoms with Crippen LogP contribution in [0.4, 0.5) is 0 Å². The number of aliphatic hydroxyl groups excluding tert-OH is 1. The van der Waals surface area contributed by atoms with E-state index in [9.17, 15) is 9.90 Å². The molecule has 0 bridgehead atoms. The summed E-state index contributed by atoms with van der Waals surface area (Å²) in [6.45, 7) is 6.68. The summed E-state index contributed by atoms with van der Waals surface area (Å²) in [5.74, 6) is -0.368. The van der Waals surface area contributed by atoms with Gasteiger partial charge in [-0.15, -0.1) is 0 Å². The van der Waals surface area contributed by atoms with Gasteiger partial charge in [0.25, 0.3) is 0 Å². The van der Waals surface area contributed by atoms with Crippen LogP contribution in [-0.4, -0.2) is 40.3 Å². The second-order valence-corrected chi connectivity index (χ2v) is 7.52. The van der Waals surface area contributed by atoms with E-state index in [2.05, 4.69) is 10.2 Å². The minimum absolute atomic E-state index is 0.123. The topological polar surface area (TPSA) is 76.4 Å². The zero-order chi connectivity index (χ0) is 16.3. The second-order valence-electron chi connectivity index (χ2n) is 7.52. The largest absolute Gasteiger partial charge is 0.494 e. The van der Waals surface area contributed by atoms with E-state index in [1.54, 1.807) is 0 Å². The molecular weight excluding hydrogens is 278 g/mol. The summed E-state index contributed by atoms with van der Waals surface area (Å²) in [4.78, 5) is 14.6. The molecule has 1 atom stereocenters. The third kappa shape index (κ3) is 4.09. The summed E-state index contributed by atoms with van der Waals surface area (Å²) < 4.78 is 0. The Morgan fingerprint density at radius 3 is 2.36 bits per heavy atom. The standard InChI is InChI=1S/C17H29N3O2/c1-17(2,3)14(18)11-15(21)19-16(22)13-9-10-20(13)12-7-5-4-6-8-12/h11-13,18,21H,4-10H2,1-3H3,(H,19,22)/b15-11-,18-14?/t13-/m0/s1. The molecule has 0 aromatic rings. The van der Waals surface area contributed by atoms with Gasteiger partial charge in [0, 0.05) is 29.8 Å². The molecule has 22 heavy (non-hydrogen) atoms. The van der Waals surface area contributed by atoms with Crippen molar-refractivity contribution in [3.05, 3.63) is 12.0 Å². The minimum Gasteiger partial charge on any atom is -0.494 e. The third-order valence-corrected chi connectivity index (χ3v) is 4.75. The van der Waals surface area contributed by atoms with Crippen molar-refractivity contribution in [3.63, 3.8) is 0 Å². The van der Waals surface area contributed by atoms with Crippen LogP contribution in [0.25, 0.3) is 0 Å². The Hall–Kier alpha value is -1.36. The number of rotatable bonds is 4. The van der Waals surface area contributed by atoms with Crippen molar-refractivity contribution < 1.29 is 9.90 Å². The molecule has 2 rings (SSSR count). The predicted octanol–water partition coefficient (Wildman–Crippen LogP) is 2.97. The third-order valence-electron chi connectivity index (χ3n) is 4.75. The summed E-state index contributed by atoms with van der Waals surface area (Å²) in [6, 6.07) is 0.403. The number of likely N-dealkylation sites (tertiary alicyclic amines) is 1. The number of carbonyl (C=O) groups is 1. The number of allylic oxidation sites excluding steroid dienone is 1. The van der Waals surface area contributed by atoms with Crippen molar-refractivity contribution >= 4 is 11.6 Å². The lowest BCUT2D eigenvalue weighted by atomic mass is 9.89. The van der Waals surface area contributed by atoms with Crippen LogP contribution in [0.15, 0.2) is 12.0 Å². The Kier molecular flexibility index (Phi) is 5.27. The highest BCUT2D eigenvalue weighted by atomic mass is 16.3. The van der Waals surface area contributed by atoms with E-state index in [0.29, 0.717) is 11.8 Å². The molecule has 0 unspecified atom stereocenters. The first-order valence-electron chi connectivity index (χ1n) is 8.35. The Morgan fingerprint density at radius 2 is 1.86 bits per heavy atom. The molecule has 1 saturated carbocycles. The quantitative estimate of drug-likeness (QED) is 0.552. The first kappa shape index (κ1) is 17.0. The maximum absolute atomic E-state index is 12.3. The van der Waals surface area contributed by atoms with Crippen LogP contribution < -0.4 is 5.32 Å². The zero-order valence-corrected chi connectivity index (χ0v) is 14.0. The molecule has 1 aliphatic heterocycles. The molecule has 1 saturated heterocycles. The van der Waals surface area contributed by atoms with Crippen molar-refractivity contribution in [1.29, 1.82) is 5.41 Å². The first-order chi connectivity index (χ1) is 10.3. The molecular formula is C17H29N3O2. The number of nitrogens with one attached hydrogen (secondary N) is 2. The second kappa shape index (κ2) is 6.82. The van der Waals surface area contributed by atoms with Gasteiger partial charge in [0.1, 0.15) is 0 Å². The minimum atomic E-state index is -0.344. The Morgan fingerprint density at radius 1 is 1.23 bits per heavy atom. The lowest BCUT2D eigenvalue weighted by Gasteiger charge is -2.46. The van der Waals surface area contributed by atoms with Gasteiger partial charge in [-0.2, -0.15) is 0 Å². The Labute approximate surface area is 133 Å². The summed E-state index contributed by atoms with van der Waals surface area (Å²) in [7, 11) is 0. The van der Waals surface area contributed by atoms with Crippen LogP contribution in [-0.2, 0) is 4.79 Å². The number of aliphatic hydroxyl groups is 1. The van der Waals surface area contributed by atoms with Gasteiger partial charge >= 0.3 is 0 Å². The highest BCUT2D eigenvalue weighted by Gasteiger charge is 2.39. The Bertz CT molecular complexity index is 459. The lowest BCUT2D eigenvalue weighted by Crippen LogP contribution is -2.59. The summed E-state index contributed by atoms with van der Waals surface area (Å²) in [5, 5.41) is 20.3. The predicted molar refractivity (Wildman–Crippen MR) is 88.0 cm³/mol. The van der Waals surface area contributed by atoms with E-state index in [1.807, 2.05) is 20.8 Å². The summed E-state index contributed by atoms with van der Waals surface area (Å²) in [5.41, 5.74) is -0.0495. The van der Waals surface area contributed by atoms with E-state index in [1.165, 1.54) is 38.2 Å². The molecule has 0 aromatic heterocycles. The molecule has 1 aliphatic carbocycles. The van der Waals surface area contributed by atoms with Crippen LogP contribution in [0, 0.1) is 10.8 Å². The van der Waals surface area contributed by atoms with E-state index in [4.69, 9.17) is 5.41 Å². The molecule has 1 amide bonds. The van der Waals surface area contributed by atoms with Crippen LogP contribution in [0.3, 0.4) is 0 Å². The number of nitrogens with zero attached hydrogens (tertiary/aromatic N) is 1. The molecule has 2 aliphatic rings. The van der Waals surface area contributed by atoms with Gasteiger partial charge in [-0.3, -0.25) is 15.0 Å². The molecule has 3 N–H and O–H groups in total. The fraction of sp³-hybridized carbons (Fsp3) is 0.765. The summed E-state index contributed by atoms with van der Waals surface area (Å²) >= 11 is 0. The number of hydrogen-bond acceptors (Lipinski definition) is 4. The van der Waals surface area contributed by atoms with E-state index < -0.39 is 0 Å².